The molecule has 0 saturated heterocycles. The molecule has 1 atom stereocenters. The Balaban J connectivity index is 1.73. The van der Waals surface area contributed by atoms with Crippen LogP contribution < -0.4 is 15.5 Å². The van der Waals surface area contributed by atoms with Crippen molar-refractivity contribution in [2.45, 2.75) is 64.7 Å². The van der Waals surface area contributed by atoms with Crippen LogP contribution in [0.1, 0.15) is 76.6 Å². The Morgan fingerprint density at radius 1 is 0.911 bits per heavy atom. The predicted molar refractivity (Wildman–Crippen MR) is 173 cm³/mol. The maximum atomic E-state index is 13.6. The number of alkyl carbamates (subject to hydrolysis) is 1. The van der Waals surface area contributed by atoms with Crippen molar-refractivity contribution in [2.75, 3.05) is 13.7 Å². The first-order valence-electron chi connectivity index (χ1n) is 15.2. The number of pyridine rings is 1. The van der Waals surface area contributed by atoms with Gasteiger partial charge in [0.1, 0.15) is 12.2 Å². The molecule has 234 valence electrons. The quantitative estimate of drug-likeness (QED) is 0.229. The second kappa shape index (κ2) is 13.4. The van der Waals surface area contributed by atoms with Crippen molar-refractivity contribution in [3.05, 3.63) is 134 Å². The number of nitrogens with one attached hydrogen (secondary N) is 1. The third-order valence-electron chi connectivity index (χ3n) is 8.02. The van der Waals surface area contributed by atoms with Gasteiger partial charge in [0.25, 0.3) is 0 Å². The molecule has 1 N–H and O–H groups in total. The van der Waals surface area contributed by atoms with Crippen LogP contribution in [-0.4, -0.2) is 35.9 Å². The van der Waals surface area contributed by atoms with Crippen molar-refractivity contribution in [1.29, 1.82) is 0 Å². The third kappa shape index (κ3) is 7.11. The van der Waals surface area contributed by atoms with Gasteiger partial charge < -0.3 is 24.1 Å². The van der Waals surface area contributed by atoms with Gasteiger partial charge in [-0.1, -0.05) is 78.9 Å². The first kappa shape index (κ1) is 31.6. The number of aromatic nitrogens is 1. The Morgan fingerprint density at radius 2 is 1.49 bits per heavy atom. The molecule has 1 heterocycles. The SMILES string of the molecule is COC(=O)c1c(OCc2ccccc2)c(=O)c(C)cn1C(CNC(=O)OC(C)(C)C)C1c2ccccc2CCc2ccccc21. The summed E-state index contributed by atoms with van der Waals surface area (Å²) in [5, 5.41) is 2.96. The number of benzene rings is 3. The van der Waals surface area contributed by atoms with Crippen LogP contribution >= 0.6 is 0 Å². The fraction of sp³-hybridized carbons (Fsp3) is 0.324. The summed E-state index contributed by atoms with van der Waals surface area (Å²) < 4.78 is 18.8. The Labute approximate surface area is 264 Å². The van der Waals surface area contributed by atoms with E-state index in [1.807, 2.05) is 54.6 Å². The Bertz CT molecular complexity index is 1690. The number of amides is 1. The van der Waals surface area contributed by atoms with E-state index in [0.717, 1.165) is 29.5 Å². The van der Waals surface area contributed by atoms with Crippen molar-refractivity contribution >= 4 is 12.1 Å². The van der Waals surface area contributed by atoms with Crippen molar-refractivity contribution in [3.63, 3.8) is 0 Å². The average Bonchev–Trinajstić information content (AvgIpc) is 3.18. The largest absolute Gasteiger partial charge is 0.482 e. The molecular weight excluding hydrogens is 568 g/mol. The van der Waals surface area contributed by atoms with Crippen molar-refractivity contribution in [2.24, 2.45) is 0 Å². The highest BCUT2D eigenvalue weighted by Crippen LogP contribution is 2.42. The van der Waals surface area contributed by atoms with Crippen LogP contribution in [0.4, 0.5) is 4.79 Å². The lowest BCUT2D eigenvalue weighted by atomic mass is 9.82. The molecule has 8 nitrogen and oxygen atoms in total. The summed E-state index contributed by atoms with van der Waals surface area (Å²) in [6.45, 7) is 7.28. The van der Waals surface area contributed by atoms with Gasteiger partial charge in [0, 0.05) is 24.2 Å². The second-order valence-electron chi connectivity index (χ2n) is 12.3. The Kier molecular flexibility index (Phi) is 9.42. The number of hydrogen-bond donors (Lipinski definition) is 1. The Hall–Kier alpha value is -4.85. The van der Waals surface area contributed by atoms with E-state index in [-0.39, 0.29) is 30.5 Å². The fourth-order valence-electron chi connectivity index (χ4n) is 6.02. The van der Waals surface area contributed by atoms with Gasteiger partial charge in [0.2, 0.25) is 5.43 Å². The predicted octanol–water partition coefficient (Wildman–Crippen LogP) is 6.52. The zero-order valence-electron chi connectivity index (χ0n) is 26.5. The summed E-state index contributed by atoms with van der Waals surface area (Å²) in [5.41, 5.74) is 4.64. The minimum Gasteiger partial charge on any atom is -0.482 e. The number of rotatable bonds is 8. The monoisotopic (exact) mass is 608 g/mol. The highest BCUT2D eigenvalue weighted by atomic mass is 16.6. The number of methoxy groups -OCH3 is 1. The summed E-state index contributed by atoms with van der Waals surface area (Å²) in [5.74, 6) is -1.11. The van der Waals surface area contributed by atoms with Crippen LogP contribution in [-0.2, 0) is 28.9 Å². The van der Waals surface area contributed by atoms with Gasteiger partial charge >= 0.3 is 12.1 Å². The van der Waals surface area contributed by atoms with Gasteiger partial charge in [0.15, 0.2) is 11.4 Å². The Morgan fingerprint density at radius 3 is 2.07 bits per heavy atom. The number of carbonyl (C=O) groups excluding carboxylic acids is 2. The zero-order chi connectivity index (χ0) is 32.1. The molecule has 1 unspecified atom stereocenters. The highest BCUT2D eigenvalue weighted by Gasteiger charge is 2.36. The number of esters is 1. The lowest BCUT2D eigenvalue weighted by Crippen LogP contribution is -2.39. The number of hydrogen-bond acceptors (Lipinski definition) is 6. The number of carbonyl (C=O) groups is 2. The molecule has 0 radical (unpaired) electrons. The van der Waals surface area contributed by atoms with Gasteiger partial charge in [-0.05, 0) is 68.4 Å². The summed E-state index contributed by atoms with van der Waals surface area (Å²) in [6, 6.07) is 25.4. The van der Waals surface area contributed by atoms with Gasteiger partial charge in [-0.25, -0.2) is 9.59 Å². The van der Waals surface area contributed by atoms with E-state index >= 15 is 0 Å². The lowest BCUT2D eigenvalue weighted by Gasteiger charge is -2.34. The van der Waals surface area contributed by atoms with Crippen LogP contribution in [0.3, 0.4) is 0 Å². The number of aryl methyl sites for hydroxylation is 3. The van der Waals surface area contributed by atoms with E-state index in [1.165, 1.54) is 18.2 Å². The number of nitrogens with zero attached hydrogens (tertiary/aromatic N) is 1. The van der Waals surface area contributed by atoms with E-state index in [9.17, 15) is 14.4 Å². The number of ether oxygens (including phenoxy) is 3. The van der Waals surface area contributed by atoms with Crippen molar-refractivity contribution in [1.82, 2.24) is 9.88 Å². The third-order valence-corrected chi connectivity index (χ3v) is 8.02. The van der Waals surface area contributed by atoms with E-state index in [4.69, 9.17) is 14.2 Å². The molecule has 0 fully saturated rings. The molecule has 0 aliphatic heterocycles. The summed E-state index contributed by atoms with van der Waals surface area (Å²) in [7, 11) is 1.28. The molecule has 0 bridgehead atoms. The second-order valence-corrected chi connectivity index (χ2v) is 12.3. The maximum absolute atomic E-state index is 13.6. The molecule has 4 aromatic rings. The highest BCUT2D eigenvalue weighted by molar-refractivity contribution is 5.90. The molecule has 8 heteroatoms. The number of fused-ring (bicyclic) bond motifs is 2. The van der Waals surface area contributed by atoms with Crippen LogP contribution in [0.2, 0.25) is 0 Å². The normalized spacial score (nSPS) is 13.5. The molecule has 1 aliphatic rings. The molecule has 0 spiro atoms. The standard InChI is InChI=1S/C37H40N2O6/c1-24-22-39(32(35(41)43-5)34(33(24)40)44-23-25-13-7-6-8-14-25)30(21-38-36(42)45-37(2,3)4)31-28-17-11-9-15-26(28)19-20-27-16-10-12-18-29(27)31/h6-18,22,30-31H,19-21,23H2,1-5H3,(H,38,42). The molecule has 0 saturated carbocycles. The summed E-state index contributed by atoms with van der Waals surface area (Å²) >= 11 is 0. The van der Waals surface area contributed by atoms with E-state index in [0.29, 0.717) is 5.56 Å². The van der Waals surface area contributed by atoms with Crippen LogP contribution in [0.5, 0.6) is 5.75 Å². The van der Waals surface area contributed by atoms with Crippen LogP contribution in [0.25, 0.3) is 0 Å². The molecule has 1 aromatic heterocycles. The lowest BCUT2D eigenvalue weighted by molar-refractivity contribution is 0.0518. The van der Waals surface area contributed by atoms with Crippen molar-refractivity contribution < 1.29 is 23.8 Å². The van der Waals surface area contributed by atoms with Gasteiger partial charge in [-0.15, -0.1) is 0 Å². The minimum absolute atomic E-state index is 0.0146. The first-order chi connectivity index (χ1) is 21.6. The smallest absolute Gasteiger partial charge is 0.407 e. The van der Waals surface area contributed by atoms with Gasteiger partial charge in [-0.2, -0.15) is 0 Å². The molecule has 1 aliphatic carbocycles. The fourth-order valence-corrected chi connectivity index (χ4v) is 6.02. The molecule has 45 heavy (non-hydrogen) atoms. The summed E-state index contributed by atoms with van der Waals surface area (Å²) in [4.78, 5) is 40.3. The van der Waals surface area contributed by atoms with Gasteiger partial charge in [0.05, 0.1) is 13.2 Å². The minimum atomic E-state index is -0.715. The van der Waals surface area contributed by atoms with Crippen LogP contribution in [0, 0.1) is 6.92 Å². The van der Waals surface area contributed by atoms with Crippen LogP contribution in [0.15, 0.2) is 89.9 Å². The molecule has 3 aromatic carbocycles. The zero-order valence-corrected chi connectivity index (χ0v) is 26.5. The van der Waals surface area contributed by atoms with E-state index in [1.54, 1.807) is 38.5 Å². The van der Waals surface area contributed by atoms with E-state index < -0.39 is 29.1 Å². The average molecular weight is 609 g/mol. The first-order valence-corrected chi connectivity index (χ1v) is 15.2. The topological polar surface area (TPSA) is 95.9 Å². The maximum Gasteiger partial charge on any atom is 0.407 e. The van der Waals surface area contributed by atoms with E-state index in [2.05, 4.69) is 29.6 Å². The summed E-state index contributed by atoms with van der Waals surface area (Å²) in [6.07, 6.45) is 2.77. The molecule has 5 rings (SSSR count). The van der Waals surface area contributed by atoms with Crippen molar-refractivity contribution in [3.8, 4) is 5.75 Å². The van der Waals surface area contributed by atoms with Gasteiger partial charge in [-0.3, -0.25) is 4.79 Å². The molecule has 1 amide bonds. The molecular formula is C37H40N2O6.